The van der Waals surface area contributed by atoms with Crippen molar-refractivity contribution < 1.29 is 8.42 Å². The van der Waals surface area contributed by atoms with Crippen molar-refractivity contribution in [1.82, 2.24) is 9.21 Å². The monoisotopic (exact) mass is 330 g/mol. The van der Waals surface area contributed by atoms with Gasteiger partial charge in [-0.25, -0.2) is 8.42 Å². The van der Waals surface area contributed by atoms with Crippen molar-refractivity contribution in [3.05, 3.63) is 15.8 Å². The molecule has 0 unspecified atom stereocenters. The maximum Gasteiger partial charge on any atom is 0.244 e. The predicted molar refractivity (Wildman–Crippen MR) is 88.4 cm³/mol. The molecule has 21 heavy (non-hydrogen) atoms. The van der Waals surface area contributed by atoms with Crippen molar-refractivity contribution in [3.8, 4) is 0 Å². The van der Waals surface area contributed by atoms with Gasteiger partial charge in [-0.05, 0) is 38.8 Å². The predicted octanol–water partition coefficient (Wildman–Crippen LogP) is 2.72. The number of hydrogen-bond donors (Lipinski definition) is 0. The maximum absolute atomic E-state index is 12.7. The maximum atomic E-state index is 12.7. The summed E-state index contributed by atoms with van der Waals surface area (Å²) in [7, 11) is -3.31. The van der Waals surface area contributed by atoms with Gasteiger partial charge in [0.05, 0.1) is 4.90 Å². The molecule has 0 bridgehead atoms. The molecule has 1 aliphatic rings. The second-order valence-corrected chi connectivity index (χ2v) is 9.57. The van der Waals surface area contributed by atoms with Crippen molar-refractivity contribution in [3.63, 3.8) is 0 Å². The van der Waals surface area contributed by atoms with Gasteiger partial charge in [0, 0.05) is 35.9 Å². The Bertz CT molecular complexity index is 570. The molecule has 1 aliphatic heterocycles. The van der Waals surface area contributed by atoms with Gasteiger partial charge in [-0.3, -0.25) is 0 Å². The minimum absolute atomic E-state index is 0.501. The number of aryl methyl sites for hydroxylation is 2. The van der Waals surface area contributed by atoms with Gasteiger partial charge in [0.2, 0.25) is 10.0 Å². The molecule has 6 heteroatoms. The highest BCUT2D eigenvalue weighted by atomic mass is 32.2. The van der Waals surface area contributed by atoms with Crippen LogP contribution in [0.5, 0.6) is 0 Å². The summed E-state index contributed by atoms with van der Waals surface area (Å²) in [6, 6.07) is 1.81. The van der Waals surface area contributed by atoms with E-state index in [0.29, 0.717) is 23.9 Å². The van der Waals surface area contributed by atoms with E-state index >= 15 is 0 Å². The summed E-state index contributed by atoms with van der Waals surface area (Å²) in [6.45, 7) is 12.3. The number of piperazine rings is 1. The number of rotatable bonds is 5. The first-order valence-electron chi connectivity index (χ1n) is 7.60. The van der Waals surface area contributed by atoms with Crippen LogP contribution in [0.15, 0.2) is 11.0 Å². The van der Waals surface area contributed by atoms with E-state index in [1.807, 2.05) is 13.8 Å². The fourth-order valence-electron chi connectivity index (χ4n) is 2.64. The lowest BCUT2D eigenvalue weighted by Crippen LogP contribution is -2.48. The Labute approximate surface area is 132 Å². The largest absolute Gasteiger partial charge is 0.301 e. The van der Waals surface area contributed by atoms with Crippen LogP contribution in [0.3, 0.4) is 0 Å². The van der Waals surface area contributed by atoms with E-state index < -0.39 is 10.0 Å². The molecule has 0 amide bonds. The second-order valence-electron chi connectivity index (χ2n) is 6.21. The van der Waals surface area contributed by atoms with Gasteiger partial charge in [-0.2, -0.15) is 4.31 Å². The Hall–Kier alpha value is -0.430. The van der Waals surface area contributed by atoms with Crippen LogP contribution >= 0.6 is 11.3 Å². The third kappa shape index (κ3) is 4.06. The molecule has 0 N–H and O–H groups in total. The van der Waals surface area contributed by atoms with Gasteiger partial charge in [0.25, 0.3) is 0 Å². The van der Waals surface area contributed by atoms with Crippen LogP contribution in [0.1, 0.15) is 30.0 Å². The van der Waals surface area contributed by atoms with Crippen LogP contribution in [0.2, 0.25) is 0 Å². The molecule has 1 fully saturated rings. The Balaban J connectivity index is 2.00. The number of thiophene rings is 1. The number of nitrogens with zero attached hydrogens (tertiary/aromatic N) is 2. The fraction of sp³-hybridized carbons (Fsp3) is 0.733. The van der Waals surface area contributed by atoms with Gasteiger partial charge >= 0.3 is 0 Å². The van der Waals surface area contributed by atoms with Gasteiger partial charge in [0.15, 0.2) is 0 Å². The first-order chi connectivity index (χ1) is 9.80. The Morgan fingerprint density at radius 3 is 2.29 bits per heavy atom. The van der Waals surface area contributed by atoms with Crippen molar-refractivity contribution >= 4 is 21.4 Å². The van der Waals surface area contributed by atoms with E-state index in [1.54, 1.807) is 21.7 Å². The molecular weight excluding hydrogens is 304 g/mol. The second kappa shape index (κ2) is 6.77. The lowest BCUT2D eigenvalue weighted by Gasteiger charge is -2.34. The minimum atomic E-state index is -3.31. The molecule has 0 radical (unpaired) electrons. The molecule has 0 aliphatic carbocycles. The first-order valence-corrected chi connectivity index (χ1v) is 9.86. The summed E-state index contributed by atoms with van der Waals surface area (Å²) in [5, 5.41) is 0. The normalized spacial score (nSPS) is 18.5. The standard InChI is InChI=1S/C15H26N2O2S2/c1-12(2)5-6-16-7-9-17(10-8-16)21(18,19)15-11-13(3)20-14(15)4/h11-12H,5-10H2,1-4H3. The van der Waals surface area contributed by atoms with E-state index in [9.17, 15) is 8.42 Å². The molecular formula is C15H26N2O2S2. The van der Waals surface area contributed by atoms with E-state index in [4.69, 9.17) is 0 Å². The average Bonchev–Trinajstić information content (AvgIpc) is 2.76. The zero-order valence-electron chi connectivity index (χ0n) is 13.4. The highest BCUT2D eigenvalue weighted by Gasteiger charge is 2.30. The van der Waals surface area contributed by atoms with Gasteiger partial charge in [-0.15, -0.1) is 11.3 Å². The summed E-state index contributed by atoms with van der Waals surface area (Å²) in [4.78, 5) is 4.83. The van der Waals surface area contributed by atoms with Crippen molar-refractivity contribution in [2.24, 2.45) is 5.92 Å². The molecule has 1 saturated heterocycles. The summed E-state index contributed by atoms with van der Waals surface area (Å²) < 4.78 is 27.1. The molecule has 1 aromatic rings. The quantitative estimate of drug-likeness (QED) is 0.833. The summed E-state index contributed by atoms with van der Waals surface area (Å²) >= 11 is 1.56. The first kappa shape index (κ1) is 16.9. The van der Waals surface area contributed by atoms with Crippen LogP contribution in [0.4, 0.5) is 0 Å². The Morgan fingerprint density at radius 2 is 1.81 bits per heavy atom. The molecule has 0 spiro atoms. The van der Waals surface area contributed by atoms with E-state index in [-0.39, 0.29) is 0 Å². The Morgan fingerprint density at radius 1 is 1.19 bits per heavy atom. The van der Waals surface area contributed by atoms with Crippen molar-refractivity contribution in [2.45, 2.75) is 39.0 Å². The smallest absolute Gasteiger partial charge is 0.244 e. The highest BCUT2D eigenvalue weighted by molar-refractivity contribution is 7.89. The summed E-state index contributed by atoms with van der Waals surface area (Å²) in [5.74, 6) is 0.697. The molecule has 2 heterocycles. The third-order valence-corrected chi connectivity index (χ3v) is 7.09. The van der Waals surface area contributed by atoms with E-state index in [2.05, 4.69) is 18.7 Å². The molecule has 120 valence electrons. The molecule has 4 nitrogen and oxygen atoms in total. The SMILES string of the molecule is Cc1cc(S(=O)(=O)N2CCN(CCC(C)C)CC2)c(C)s1. The summed E-state index contributed by atoms with van der Waals surface area (Å²) in [5.41, 5.74) is 0. The molecule has 1 aromatic heterocycles. The van der Waals surface area contributed by atoms with Gasteiger partial charge < -0.3 is 4.90 Å². The number of hydrogen-bond acceptors (Lipinski definition) is 4. The average molecular weight is 331 g/mol. The molecule has 0 atom stereocenters. The van der Waals surface area contributed by atoms with Crippen molar-refractivity contribution in [1.29, 1.82) is 0 Å². The zero-order chi connectivity index (χ0) is 15.6. The van der Waals surface area contributed by atoms with Crippen LogP contribution in [-0.2, 0) is 10.0 Å². The molecule has 0 saturated carbocycles. The lowest BCUT2D eigenvalue weighted by atomic mass is 10.1. The van der Waals surface area contributed by atoms with Crippen LogP contribution < -0.4 is 0 Å². The van der Waals surface area contributed by atoms with Gasteiger partial charge in [0.1, 0.15) is 0 Å². The van der Waals surface area contributed by atoms with Crippen LogP contribution in [-0.4, -0.2) is 50.3 Å². The zero-order valence-corrected chi connectivity index (χ0v) is 15.1. The topological polar surface area (TPSA) is 40.6 Å². The minimum Gasteiger partial charge on any atom is -0.301 e. The van der Waals surface area contributed by atoms with Crippen LogP contribution in [0.25, 0.3) is 0 Å². The third-order valence-electron chi connectivity index (χ3n) is 3.97. The fourth-order valence-corrected chi connectivity index (χ4v) is 5.58. The molecule has 2 rings (SSSR count). The van der Waals surface area contributed by atoms with E-state index in [1.165, 1.54) is 6.42 Å². The van der Waals surface area contributed by atoms with Crippen molar-refractivity contribution in [2.75, 3.05) is 32.7 Å². The Kier molecular flexibility index (Phi) is 5.46. The number of sulfonamides is 1. The van der Waals surface area contributed by atoms with E-state index in [0.717, 1.165) is 29.4 Å². The molecule has 0 aromatic carbocycles. The lowest BCUT2D eigenvalue weighted by molar-refractivity contribution is 0.180. The summed E-state index contributed by atoms with van der Waals surface area (Å²) in [6.07, 6.45) is 1.18. The highest BCUT2D eigenvalue weighted by Crippen LogP contribution is 2.28. The van der Waals surface area contributed by atoms with Gasteiger partial charge in [-0.1, -0.05) is 13.8 Å². The van der Waals surface area contributed by atoms with Crippen LogP contribution in [0, 0.1) is 19.8 Å².